The third-order valence-electron chi connectivity index (χ3n) is 3.83. The quantitative estimate of drug-likeness (QED) is 0.819. The molecule has 0 amide bonds. The molecule has 1 aromatic carbocycles. The highest BCUT2D eigenvalue weighted by atomic mass is 32.2. The van der Waals surface area contributed by atoms with Gasteiger partial charge in [0.25, 0.3) is 0 Å². The molecule has 0 aromatic heterocycles. The summed E-state index contributed by atoms with van der Waals surface area (Å²) in [5, 5.41) is 0. The minimum absolute atomic E-state index is 0.182. The van der Waals surface area contributed by atoms with Crippen molar-refractivity contribution in [2.24, 2.45) is 5.92 Å². The fourth-order valence-electron chi connectivity index (χ4n) is 2.80. The van der Waals surface area contributed by atoms with E-state index in [1.807, 2.05) is 6.92 Å². The number of nitrogens with zero attached hydrogens (tertiary/aromatic N) is 1. The van der Waals surface area contributed by atoms with Crippen molar-refractivity contribution in [2.75, 3.05) is 25.4 Å². The number of hydrogen-bond acceptors (Lipinski definition) is 4. The molecule has 118 valence electrons. The number of sulfonamides is 1. The van der Waals surface area contributed by atoms with E-state index in [1.54, 1.807) is 16.4 Å². The standard InChI is InChI=1S/C15H24N2O3S/c1-3-5-12-8-9-17(11-12)21(18,19)15-10-13(16)6-7-14(15)20-4-2/h6-7,10,12H,3-5,8-9,11,16H2,1-2H3. The Hall–Kier alpha value is -1.27. The Labute approximate surface area is 127 Å². The Kier molecular flexibility index (Phi) is 5.11. The van der Waals surface area contributed by atoms with Crippen LogP contribution in [-0.2, 0) is 10.0 Å². The number of hydrogen-bond donors (Lipinski definition) is 1. The lowest BCUT2D eigenvalue weighted by Gasteiger charge is -2.19. The van der Waals surface area contributed by atoms with Gasteiger partial charge in [-0.3, -0.25) is 0 Å². The highest BCUT2D eigenvalue weighted by Gasteiger charge is 2.34. The normalized spacial score (nSPS) is 19.8. The zero-order valence-corrected chi connectivity index (χ0v) is 13.5. The van der Waals surface area contributed by atoms with Crippen LogP contribution in [0.5, 0.6) is 5.75 Å². The average molecular weight is 312 g/mol. The van der Waals surface area contributed by atoms with Gasteiger partial charge in [-0.2, -0.15) is 4.31 Å². The van der Waals surface area contributed by atoms with Crippen LogP contribution in [0.15, 0.2) is 23.1 Å². The van der Waals surface area contributed by atoms with Crippen molar-refractivity contribution in [3.8, 4) is 5.75 Å². The number of benzene rings is 1. The zero-order valence-electron chi connectivity index (χ0n) is 12.7. The van der Waals surface area contributed by atoms with Gasteiger partial charge in [0.05, 0.1) is 6.61 Å². The van der Waals surface area contributed by atoms with Crippen LogP contribution in [0.4, 0.5) is 5.69 Å². The summed E-state index contributed by atoms with van der Waals surface area (Å²) < 4.78 is 32.7. The Morgan fingerprint density at radius 2 is 2.14 bits per heavy atom. The van der Waals surface area contributed by atoms with Gasteiger partial charge in [0.2, 0.25) is 10.0 Å². The third-order valence-corrected chi connectivity index (χ3v) is 5.72. The lowest BCUT2D eigenvalue weighted by atomic mass is 10.0. The second kappa shape index (κ2) is 6.66. The maximum absolute atomic E-state index is 12.8. The molecule has 0 bridgehead atoms. The molecule has 0 saturated carbocycles. The fourth-order valence-corrected chi connectivity index (χ4v) is 4.50. The van der Waals surface area contributed by atoms with E-state index < -0.39 is 10.0 Å². The lowest BCUT2D eigenvalue weighted by molar-refractivity contribution is 0.329. The molecular weight excluding hydrogens is 288 g/mol. The van der Waals surface area contributed by atoms with E-state index in [-0.39, 0.29) is 4.90 Å². The van der Waals surface area contributed by atoms with Crippen molar-refractivity contribution < 1.29 is 13.2 Å². The average Bonchev–Trinajstić information content (AvgIpc) is 2.91. The van der Waals surface area contributed by atoms with E-state index in [4.69, 9.17) is 10.5 Å². The summed E-state index contributed by atoms with van der Waals surface area (Å²) in [5.41, 5.74) is 6.19. The van der Waals surface area contributed by atoms with Gasteiger partial charge in [0.1, 0.15) is 10.6 Å². The zero-order chi connectivity index (χ0) is 15.5. The molecule has 0 aliphatic carbocycles. The first-order valence-electron chi connectivity index (χ1n) is 7.51. The summed E-state index contributed by atoms with van der Waals surface area (Å²) in [7, 11) is -3.54. The maximum atomic E-state index is 12.8. The molecule has 1 fully saturated rings. The van der Waals surface area contributed by atoms with Crippen molar-refractivity contribution in [1.82, 2.24) is 4.31 Å². The number of rotatable bonds is 6. The monoisotopic (exact) mass is 312 g/mol. The van der Waals surface area contributed by atoms with Crippen LogP contribution in [0.3, 0.4) is 0 Å². The van der Waals surface area contributed by atoms with Gasteiger partial charge in [-0.1, -0.05) is 13.3 Å². The van der Waals surface area contributed by atoms with Gasteiger partial charge in [0.15, 0.2) is 0 Å². The molecular formula is C15H24N2O3S. The molecule has 1 aliphatic rings. The van der Waals surface area contributed by atoms with Crippen LogP contribution in [0.2, 0.25) is 0 Å². The van der Waals surface area contributed by atoms with Crippen molar-refractivity contribution in [3.05, 3.63) is 18.2 Å². The van der Waals surface area contributed by atoms with Crippen molar-refractivity contribution in [1.29, 1.82) is 0 Å². The molecule has 1 heterocycles. The molecule has 1 atom stereocenters. The van der Waals surface area contributed by atoms with Gasteiger partial charge in [-0.25, -0.2) is 8.42 Å². The highest BCUT2D eigenvalue weighted by molar-refractivity contribution is 7.89. The van der Waals surface area contributed by atoms with Crippen LogP contribution < -0.4 is 10.5 Å². The molecule has 5 nitrogen and oxygen atoms in total. The van der Waals surface area contributed by atoms with E-state index in [1.165, 1.54) is 6.07 Å². The topological polar surface area (TPSA) is 72.6 Å². The molecule has 0 radical (unpaired) electrons. The Bertz CT molecular complexity index is 587. The summed E-state index contributed by atoms with van der Waals surface area (Å²) in [6.07, 6.45) is 3.08. The lowest BCUT2D eigenvalue weighted by Crippen LogP contribution is -2.29. The number of ether oxygens (including phenoxy) is 1. The van der Waals surface area contributed by atoms with Gasteiger partial charge < -0.3 is 10.5 Å². The fraction of sp³-hybridized carbons (Fsp3) is 0.600. The molecule has 1 aliphatic heterocycles. The summed E-state index contributed by atoms with van der Waals surface area (Å²) >= 11 is 0. The summed E-state index contributed by atoms with van der Waals surface area (Å²) in [6, 6.07) is 4.78. The number of nitrogens with two attached hydrogens (primary N) is 1. The first-order chi connectivity index (χ1) is 9.98. The second-order valence-electron chi connectivity index (χ2n) is 5.45. The minimum Gasteiger partial charge on any atom is -0.492 e. The Balaban J connectivity index is 2.29. The van der Waals surface area contributed by atoms with Gasteiger partial charge in [-0.05, 0) is 43.9 Å². The molecule has 1 saturated heterocycles. The van der Waals surface area contributed by atoms with Crippen LogP contribution >= 0.6 is 0 Å². The predicted molar refractivity (Wildman–Crippen MR) is 83.8 cm³/mol. The molecule has 1 aromatic rings. The summed E-state index contributed by atoms with van der Waals surface area (Å²) in [4.78, 5) is 0.182. The maximum Gasteiger partial charge on any atom is 0.246 e. The molecule has 1 unspecified atom stereocenters. The van der Waals surface area contributed by atoms with Crippen LogP contribution in [0.25, 0.3) is 0 Å². The SMILES string of the molecule is CCCC1CCN(S(=O)(=O)c2cc(N)ccc2OCC)C1. The summed E-state index contributed by atoms with van der Waals surface area (Å²) in [5.74, 6) is 0.840. The van der Waals surface area contributed by atoms with Crippen molar-refractivity contribution in [2.45, 2.75) is 38.0 Å². The third kappa shape index (κ3) is 3.49. The van der Waals surface area contributed by atoms with Gasteiger partial charge >= 0.3 is 0 Å². The Morgan fingerprint density at radius 3 is 2.81 bits per heavy atom. The second-order valence-corrected chi connectivity index (χ2v) is 7.35. The Morgan fingerprint density at radius 1 is 1.38 bits per heavy atom. The smallest absolute Gasteiger partial charge is 0.246 e. The van der Waals surface area contributed by atoms with Crippen molar-refractivity contribution >= 4 is 15.7 Å². The molecule has 21 heavy (non-hydrogen) atoms. The molecule has 6 heteroatoms. The van der Waals surface area contributed by atoms with E-state index >= 15 is 0 Å². The highest BCUT2D eigenvalue weighted by Crippen LogP contribution is 2.32. The van der Waals surface area contributed by atoms with Gasteiger partial charge in [0, 0.05) is 18.8 Å². The van der Waals surface area contributed by atoms with E-state index in [2.05, 4.69) is 6.92 Å². The van der Waals surface area contributed by atoms with Crippen LogP contribution in [0.1, 0.15) is 33.1 Å². The van der Waals surface area contributed by atoms with Crippen LogP contribution in [0, 0.1) is 5.92 Å². The van der Waals surface area contributed by atoms with Gasteiger partial charge in [-0.15, -0.1) is 0 Å². The number of nitrogen functional groups attached to an aromatic ring is 1. The van der Waals surface area contributed by atoms with E-state index in [9.17, 15) is 8.42 Å². The predicted octanol–water partition coefficient (Wildman–Crippen LogP) is 2.48. The number of anilines is 1. The first-order valence-corrected chi connectivity index (χ1v) is 8.95. The first kappa shape index (κ1) is 16.1. The van der Waals surface area contributed by atoms with Crippen LogP contribution in [-0.4, -0.2) is 32.4 Å². The molecule has 2 N–H and O–H groups in total. The summed E-state index contributed by atoms with van der Waals surface area (Å²) in [6.45, 7) is 5.55. The largest absolute Gasteiger partial charge is 0.492 e. The van der Waals surface area contributed by atoms with E-state index in [0.717, 1.165) is 19.3 Å². The van der Waals surface area contributed by atoms with Crippen molar-refractivity contribution in [3.63, 3.8) is 0 Å². The molecule has 2 rings (SSSR count). The minimum atomic E-state index is -3.54. The van der Waals surface area contributed by atoms with E-state index in [0.29, 0.717) is 37.1 Å². The molecule has 0 spiro atoms.